The summed E-state index contributed by atoms with van der Waals surface area (Å²) in [4.78, 5) is 75.9. The summed E-state index contributed by atoms with van der Waals surface area (Å²) in [6.45, 7) is 3.57. The number of carbonyl (C=O) groups is 6. The zero-order chi connectivity index (χ0) is 30.7. The van der Waals surface area contributed by atoms with E-state index in [1.165, 1.54) is 0 Å². The number of rotatable bonds is 17. The Balaban J connectivity index is 2.19. The number of carboxylic acids is 3. The molecular weight excluding hydrogens is 538 g/mol. The average molecular weight is 576 g/mol. The van der Waals surface area contributed by atoms with E-state index in [-0.39, 0.29) is 38.0 Å². The molecule has 0 bridgehead atoms. The van der Waals surface area contributed by atoms with E-state index in [4.69, 9.17) is 15.9 Å². The van der Waals surface area contributed by atoms with Crippen molar-refractivity contribution in [1.82, 2.24) is 20.9 Å². The molecule has 14 heteroatoms. The number of nitrogens with one attached hydrogen (secondary N) is 4. The maximum absolute atomic E-state index is 13.2. The van der Waals surface area contributed by atoms with Crippen LogP contribution in [0.4, 0.5) is 0 Å². The third-order valence-electron chi connectivity index (χ3n) is 6.34. The Labute approximate surface area is 236 Å². The number of benzene rings is 1. The summed E-state index contributed by atoms with van der Waals surface area (Å²) in [6.07, 6.45) is 0.341. The Bertz CT molecular complexity index is 1260. The van der Waals surface area contributed by atoms with Gasteiger partial charge in [-0.2, -0.15) is 0 Å². The van der Waals surface area contributed by atoms with Crippen LogP contribution in [0.5, 0.6) is 0 Å². The van der Waals surface area contributed by atoms with Gasteiger partial charge < -0.3 is 42.0 Å². The van der Waals surface area contributed by atoms with Crippen LogP contribution in [0.1, 0.15) is 51.5 Å². The first-order chi connectivity index (χ1) is 19.3. The zero-order valence-electron chi connectivity index (χ0n) is 22.9. The maximum Gasteiger partial charge on any atom is 0.326 e. The van der Waals surface area contributed by atoms with Crippen molar-refractivity contribution in [1.29, 1.82) is 0 Å². The smallest absolute Gasteiger partial charge is 0.326 e. The van der Waals surface area contributed by atoms with Crippen LogP contribution in [0, 0.1) is 5.92 Å². The number of fused-ring (bicyclic) bond motifs is 1. The predicted octanol–water partition coefficient (Wildman–Crippen LogP) is 0.352. The van der Waals surface area contributed by atoms with E-state index in [0.717, 1.165) is 10.9 Å². The molecule has 1 heterocycles. The van der Waals surface area contributed by atoms with Crippen molar-refractivity contribution in [3.8, 4) is 0 Å². The van der Waals surface area contributed by atoms with Crippen LogP contribution in [0.3, 0.4) is 0 Å². The lowest BCUT2D eigenvalue weighted by atomic mass is 10.0. The third kappa shape index (κ3) is 10.6. The van der Waals surface area contributed by atoms with Gasteiger partial charge in [-0.05, 0) is 36.8 Å². The Morgan fingerprint density at radius 1 is 0.805 bits per heavy atom. The minimum absolute atomic E-state index is 0.0784. The van der Waals surface area contributed by atoms with E-state index >= 15 is 0 Å². The van der Waals surface area contributed by atoms with Crippen LogP contribution >= 0.6 is 0 Å². The number of hydrogen-bond donors (Lipinski definition) is 8. The summed E-state index contributed by atoms with van der Waals surface area (Å²) in [5.41, 5.74) is 7.17. The van der Waals surface area contributed by atoms with Crippen LogP contribution in [0.15, 0.2) is 30.5 Å². The van der Waals surface area contributed by atoms with Crippen molar-refractivity contribution >= 4 is 46.5 Å². The molecule has 1 aromatic heterocycles. The molecule has 0 radical (unpaired) electrons. The van der Waals surface area contributed by atoms with Gasteiger partial charge in [-0.3, -0.25) is 24.0 Å². The molecule has 41 heavy (non-hydrogen) atoms. The highest BCUT2D eigenvalue weighted by Gasteiger charge is 2.31. The minimum Gasteiger partial charge on any atom is -0.481 e. The van der Waals surface area contributed by atoms with E-state index < -0.39 is 66.2 Å². The normalized spacial score (nSPS) is 14.0. The summed E-state index contributed by atoms with van der Waals surface area (Å²) >= 11 is 0. The van der Waals surface area contributed by atoms with Gasteiger partial charge in [-0.25, -0.2) is 4.79 Å². The van der Waals surface area contributed by atoms with E-state index in [2.05, 4.69) is 20.9 Å². The number of nitrogens with two attached hydrogens (primary N) is 1. The largest absolute Gasteiger partial charge is 0.481 e. The molecule has 224 valence electrons. The highest BCUT2D eigenvalue weighted by atomic mass is 16.4. The molecule has 0 spiro atoms. The molecule has 0 saturated carbocycles. The number of H-pyrrole nitrogens is 1. The fraction of sp³-hybridized carbons (Fsp3) is 0.481. The molecular formula is C27H37N5O9. The standard InChI is InChI=1S/C27H37N5O9/c1-14(2)11-20(31-24(37)17(28)7-9-22(33)34)26(39)30-19(8-10-23(35)36)25(38)32-21(27(40)41)12-15-13-29-18-6-4-3-5-16(15)18/h3-6,13-14,17,19-21,29H,7-12,28H2,1-2H3,(H,30,39)(H,31,37)(H,32,38)(H,33,34)(H,35,36)(H,40,41). The second-order valence-electron chi connectivity index (χ2n) is 10.2. The van der Waals surface area contributed by atoms with Crippen molar-refractivity contribution in [2.24, 2.45) is 11.7 Å². The van der Waals surface area contributed by atoms with Gasteiger partial charge in [0.25, 0.3) is 0 Å². The van der Waals surface area contributed by atoms with Crippen molar-refractivity contribution in [3.63, 3.8) is 0 Å². The fourth-order valence-corrected chi connectivity index (χ4v) is 4.19. The second kappa shape index (κ2) is 15.4. The number of aromatic nitrogens is 1. The lowest BCUT2D eigenvalue weighted by molar-refractivity contribution is -0.143. The van der Waals surface area contributed by atoms with Crippen LogP contribution in [-0.4, -0.2) is 80.1 Å². The molecule has 0 aliphatic carbocycles. The van der Waals surface area contributed by atoms with Gasteiger partial charge in [-0.1, -0.05) is 32.0 Å². The molecule has 9 N–H and O–H groups in total. The Morgan fingerprint density at radius 3 is 1.98 bits per heavy atom. The number of aromatic amines is 1. The van der Waals surface area contributed by atoms with E-state index in [1.54, 1.807) is 32.2 Å². The fourth-order valence-electron chi connectivity index (χ4n) is 4.19. The topological polar surface area (TPSA) is 241 Å². The number of para-hydroxylation sites is 1. The molecule has 4 unspecified atom stereocenters. The molecule has 0 aliphatic rings. The molecule has 0 fully saturated rings. The van der Waals surface area contributed by atoms with E-state index in [1.807, 2.05) is 12.1 Å². The quantitative estimate of drug-likeness (QED) is 0.129. The number of hydrogen-bond acceptors (Lipinski definition) is 7. The van der Waals surface area contributed by atoms with Gasteiger partial charge in [0.2, 0.25) is 17.7 Å². The highest BCUT2D eigenvalue weighted by molar-refractivity contribution is 5.94. The maximum atomic E-state index is 13.2. The summed E-state index contributed by atoms with van der Waals surface area (Å²) in [5, 5.41) is 35.9. The SMILES string of the molecule is CC(C)CC(NC(=O)C(N)CCC(=O)O)C(=O)NC(CCC(=O)O)C(=O)NC(Cc1c[nH]c2ccccc12)C(=O)O. The Hall–Kier alpha value is -4.46. The summed E-state index contributed by atoms with van der Waals surface area (Å²) in [5.74, 6) is -6.26. The second-order valence-corrected chi connectivity index (χ2v) is 10.2. The summed E-state index contributed by atoms with van der Waals surface area (Å²) in [7, 11) is 0. The highest BCUT2D eigenvalue weighted by Crippen LogP contribution is 2.19. The molecule has 4 atom stereocenters. The first-order valence-electron chi connectivity index (χ1n) is 13.2. The van der Waals surface area contributed by atoms with Gasteiger partial charge in [-0.15, -0.1) is 0 Å². The number of carboxylic acid groups (broad SMARTS) is 3. The minimum atomic E-state index is -1.42. The van der Waals surface area contributed by atoms with Crippen molar-refractivity contribution in [2.45, 2.75) is 76.5 Å². The van der Waals surface area contributed by atoms with Gasteiger partial charge in [0.05, 0.1) is 6.04 Å². The van der Waals surface area contributed by atoms with E-state index in [9.17, 15) is 33.9 Å². The van der Waals surface area contributed by atoms with Gasteiger partial charge in [0.1, 0.15) is 18.1 Å². The zero-order valence-corrected chi connectivity index (χ0v) is 22.9. The first-order valence-corrected chi connectivity index (χ1v) is 13.2. The summed E-state index contributed by atoms with van der Waals surface area (Å²) < 4.78 is 0. The monoisotopic (exact) mass is 575 g/mol. The van der Waals surface area contributed by atoms with Crippen molar-refractivity contribution in [3.05, 3.63) is 36.0 Å². The van der Waals surface area contributed by atoms with Gasteiger partial charge in [0.15, 0.2) is 0 Å². The molecule has 2 rings (SSSR count). The molecule has 0 aliphatic heterocycles. The van der Waals surface area contributed by atoms with E-state index in [0.29, 0.717) is 5.56 Å². The number of amides is 3. The predicted molar refractivity (Wildman–Crippen MR) is 147 cm³/mol. The van der Waals surface area contributed by atoms with Gasteiger partial charge >= 0.3 is 17.9 Å². The molecule has 2 aromatic rings. The van der Waals surface area contributed by atoms with Crippen LogP contribution in [0.25, 0.3) is 10.9 Å². The Kier molecular flexibility index (Phi) is 12.3. The first kappa shape index (κ1) is 32.8. The van der Waals surface area contributed by atoms with Crippen molar-refractivity contribution < 1.29 is 44.1 Å². The lowest BCUT2D eigenvalue weighted by Gasteiger charge is -2.26. The number of aliphatic carboxylic acids is 3. The summed E-state index contributed by atoms with van der Waals surface area (Å²) in [6, 6.07) is 2.05. The molecule has 1 aromatic carbocycles. The van der Waals surface area contributed by atoms with Gasteiger partial charge in [0, 0.05) is 36.4 Å². The lowest BCUT2D eigenvalue weighted by Crippen LogP contribution is -2.57. The molecule has 3 amide bonds. The number of carbonyl (C=O) groups excluding carboxylic acids is 3. The molecule has 0 saturated heterocycles. The Morgan fingerprint density at radius 2 is 1.37 bits per heavy atom. The van der Waals surface area contributed by atoms with Crippen LogP contribution < -0.4 is 21.7 Å². The van der Waals surface area contributed by atoms with Crippen LogP contribution in [-0.2, 0) is 35.2 Å². The average Bonchev–Trinajstić information content (AvgIpc) is 3.30. The third-order valence-corrected chi connectivity index (χ3v) is 6.34. The molecule has 14 nitrogen and oxygen atoms in total. The van der Waals surface area contributed by atoms with Crippen LogP contribution in [0.2, 0.25) is 0 Å². The van der Waals surface area contributed by atoms with Crippen molar-refractivity contribution in [2.75, 3.05) is 0 Å².